The van der Waals surface area contributed by atoms with Crippen molar-refractivity contribution in [1.29, 1.82) is 5.26 Å². The molecule has 1 nitrogen and oxygen atoms in total. The van der Waals surface area contributed by atoms with E-state index in [1.807, 2.05) is 0 Å². The zero-order valence-corrected chi connectivity index (χ0v) is 3.41. The molecule has 7 heavy (non-hydrogen) atoms. The van der Waals surface area contributed by atoms with Gasteiger partial charge in [-0.2, -0.15) is 5.26 Å². The maximum atomic E-state index is 11.3. The van der Waals surface area contributed by atoms with Crippen LogP contribution in [0.15, 0.2) is 12.4 Å². The molecule has 0 atom stereocenters. The van der Waals surface area contributed by atoms with Crippen molar-refractivity contribution in [2.75, 3.05) is 0 Å². The summed E-state index contributed by atoms with van der Waals surface area (Å²) >= 11 is 0. The van der Waals surface area contributed by atoms with Crippen LogP contribution in [-0.2, 0) is 0 Å². The molecule has 0 fully saturated rings. The van der Waals surface area contributed by atoms with Crippen LogP contribution in [0.5, 0.6) is 0 Å². The van der Waals surface area contributed by atoms with Gasteiger partial charge in [0, 0.05) is 0 Å². The summed E-state index contributed by atoms with van der Waals surface area (Å²) in [5, 5.41) is 7.54. The lowest BCUT2D eigenvalue weighted by Gasteiger charge is -1.83. The molecule has 0 aromatic heterocycles. The highest BCUT2D eigenvalue weighted by Crippen LogP contribution is 2.11. The lowest BCUT2D eigenvalue weighted by molar-refractivity contribution is 0.492. The molecule has 0 unspecified atom stereocenters. The van der Waals surface area contributed by atoms with E-state index in [9.17, 15) is 8.78 Å². The van der Waals surface area contributed by atoms with E-state index in [0.717, 1.165) is 6.07 Å². The van der Waals surface area contributed by atoms with Crippen LogP contribution in [0, 0.1) is 17.5 Å². The monoisotopic (exact) mass is 102 g/mol. The molecule has 37 valence electrons. The molecule has 0 heterocycles. The summed E-state index contributed by atoms with van der Waals surface area (Å²) < 4.78 is 22.6. The third-order valence-corrected chi connectivity index (χ3v) is 0.336. The van der Waals surface area contributed by atoms with Crippen LogP contribution in [-0.4, -0.2) is 0 Å². The summed E-state index contributed by atoms with van der Waals surface area (Å²) in [6.07, 6.45) is -1.46. The van der Waals surface area contributed by atoms with E-state index in [4.69, 9.17) is 5.26 Å². The van der Waals surface area contributed by atoms with Crippen LogP contribution in [0.25, 0.3) is 0 Å². The minimum absolute atomic E-state index is 0.940. The van der Waals surface area contributed by atoms with E-state index in [0.29, 0.717) is 0 Å². The number of rotatable bonds is 1. The van der Waals surface area contributed by atoms with Gasteiger partial charge in [0.25, 0.3) is 6.17 Å². The summed E-state index contributed by atoms with van der Waals surface area (Å²) in [7, 11) is 0. The fraction of sp³-hybridized carbons (Fsp3) is 0. The van der Waals surface area contributed by atoms with Gasteiger partial charge in [-0.15, -0.1) is 0 Å². The molecular formula is C4H2F2N. The van der Waals surface area contributed by atoms with Gasteiger partial charge < -0.3 is 0 Å². The largest absolute Gasteiger partial charge is 0.299 e. The SMILES string of the molecule is C=C(F)[C](F)C#N. The van der Waals surface area contributed by atoms with Crippen LogP contribution in [0.3, 0.4) is 0 Å². The molecule has 0 aliphatic heterocycles. The van der Waals surface area contributed by atoms with Crippen molar-refractivity contribution in [3.8, 4) is 6.07 Å². The van der Waals surface area contributed by atoms with E-state index in [-0.39, 0.29) is 0 Å². The number of hydrogen-bond acceptors (Lipinski definition) is 1. The Hall–Kier alpha value is -0.910. The van der Waals surface area contributed by atoms with E-state index < -0.39 is 12.0 Å². The van der Waals surface area contributed by atoms with Crippen LogP contribution >= 0.6 is 0 Å². The van der Waals surface area contributed by atoms with Gasteiger partial charge in [0.1, 0.15) is 11.9 Å². The van der Waals surface area contributed by atoms with Crippen molar-refractivity contribution >= 4 is 0 Å². The fourth-order valence-corrected chi connectivity index (χ4v) is 0.0607. The maximum absolute atomic E-state index is 11.3. The highest BCUT2D eigenvalue weighted by atomic mass is 19.2. The van der Waals surface area contributed by atoms with E-state index in [2.05, 4.69) is 6.58 Å². The smallest absolute Gasteiger partial charge is 0.214 e. The molecule has 3 heteroatoms. The Labute approximate surface area is 39.9 Å². The Balaban J connectivity index is 3.63. The Kier molecular flexibility index (Phi) is 2.00. The number of nitrogens with zero attached hydrogens (tertiary/aromatic N) is 1. The van der Waals surface area contributed by atoms with Gasteiger partial charge in [-0.3, -0.25) is 0 Å². The van der Waals surface area contributed by atoms with Gasteiger partial charge >= 0.3 is 0 Å². The first-order chi connectivity index (χ1) is 3.18. The molecule has 0 N–H and O–H groups in total. The molecule has 1 radical (unpaired) electrons. The van der Waals surface area contributed by atoms with Crippen LogP contribution in [0.4, 0.5) is 8.78 Å². The predicted octanol–water partition coefficient (Wildman–Crippen LogP) is 1.49. The highest BCUT2D eigenvalue weighted by molar-refractivity contribution is 5.20. The molecule has 0 bridgehead atoms. The van der Waals surface area contributed by atoms with Gasteiger partial charge in [0.2, 0.25) is 0 Å². The van der Waals surface area contributed by atoms with E-state index in [1.165, 1.54) is 0 Å². The molecule has 0 rings (SSSR count). The molecule has 0 saturated heterocycles. The molecule has 0 aromatic rings. The van der Waals surface area contributed by atoms with Crippen LogP contribution in [0.2, 0.25) is 0 Å². The molecule has 0 aliphatic rings. The summed E-state index contributed by atoms with van der Waals surface area (Å²) in [4.78, 5) is 0. The summed E-state index contributed by atoms with van der Waals surface area (Å²) in [6.45, 7) is 2.52. The number of halogens is 2. The Bertz CT molecular complexity index is 113. The second-order valence-electron chi connectivity index (χ2n) is 0.831. The van der Waals surface area contributed by atoms with Crippen molar-refractivity contribution in [2.24, 2.45) is 0 Å². The molecule has 0 aromatic carbocycles. The minimum Gasteiger partial charge on any atom is -0.214 e. The van der Waals surface area contributed by atoms with Gasteiger partial charge in [0.15, 0.2) is 0 Å². The number of hydrogen-bond donors (Lipinski definition) is 0. The first kappa shape index (κ1) is 6.09. The Morgan fingerprint density at radius 2 is 2.00 bits per heavy atom. The minimum atomic E-state index is -1.46. The topological polar surface area (TPSA) is 23.8 Å². The second-order valence-corrected chi connectivity index (χ2v) is 0.831. The first-order valence-corrected chi connectivity index (χ1v) is 1.46. The van der Waals surface area contributed by atoms with E-state index >= 15 is 0 Å². The van der Waals surface area contributed by atoms with Gasteiger partial charge in [-0.1, -0.05) is 6.58 Å². The lowest BCUT2D eigenvalue weighted by atomic mass is 10.4. The van der Waals surface area contributed by atoms with Crippen molar-refractivity contribution < 1.29 is 8.78 Å². The van der Waals surface area contributed by atoms with Crippen molar-refractivity contribution in [2.45, 2.75) is 0 Å². The van der Waals surface area contributed by atoms with Crippen LogP contribution in [0.1, 0.15) is 0 Å². The average Bonchev–Trinajstić information content (AvgIpc) is 1.65. The van der Waals surface area contributed by atoms with Gasteiger partial charge in [0.05, 0.1) is 0 Å². The molecular weight excluding hydrogens is 100 g/mol. The number of nitriles is 1. The molecule has 0 spiro atoms. The highest BCUT2D eigenvalue weighted by Gasteiger charge is 2.08. The predicted molar refractivity (Wildman–Crippen MR) is 20.2 cm³/mol. The van der Waals surface area contributed by atoms with Gasteiger partial charge in [-0.05, 0) is 0 Å². The quantitative estimate of drug-likeness (QED) is 0.492. The second kappa shape index (κ2) is 2.30. The zero-order valence-electron chi connectivity index (χ0n) is 3.41. The first-order valence-electron chi connectivity index (χ1n) is 1.46. The van der Waals surface area contributed by atoms with Crippen LogP contribution < -0.4 is 0 Å². The van der Waals surface area contributed by atoms with Gasteiger partial charge in [-0.25, -0.2) is 8.78 Å². The summed E-state index contributed by atoms with van der Waals surface area (Å²) in [5.74, 6) is -1.32. The fourth-order valence-electron chi connectivity index (χ4n) is 0.0607. The molecule has 0 amide bonds. The standard InChI is InChI=1S/C4H2F2N/c1-3(5)4(6)2-7/h1H2. The normalized spacial score (nSPS) is 8.29. The maximum Gasteiger partial charge on any atom is 0.299 e. The Morgan fingerprint density at radius 3 is 2.00 bits per heavy atom. The van der Waals surface area contributed by atoms with E-state index in [1.54, 1.807) is 0 Å². The molecule has 0 saturated carbocycles. The summed E-state index contributed by atoms with van der Waals surface area (Å²) in [6, 6.07) is 0.940. The third-order valence-electron chi connectivity index (χ3n) is 0.336. The van der Waals surface area contributed by atoms with Crippen molar-refractivity contribution in [3.63, 3.8) is 0 Å². The third kappa shape index (κ3) is 1.88. The zero-order chi connectivity index (χ0) is 5.86. The van der Waals surface area contributed by atoms with Crippen molar-refractivity contribution in [3.05, 3.63) is 18.6 Å². The average molecular weight is 102 g/mol. The van der Waals surface area contributed by atoms with Crippen molar-refractivity contribution in [1.82, 2.24) is 0 Å². The number of allylic oxidation sites excluding steroid dienone is 1. The lowest BCUT2D eigenvalue weighted by Crippen LogP contribution is -1.79. The molecule has 0 aliphatic carbocycles. The summed E-state index contributed by atoms with van der Waals surface area (Å²) in [5.41, 5.74) is 0. The Morgan fingerprint density at radius 1 is 1.57 bits per heavy atom.